The lowest BCUT2D eigenvalue weighted by molar-refractivity contribution is 0.102. The van der Waals surface area contributed by atoms with Crippen LogP contribution in [0.1, 0.15) is 22.3 Å². The number of nitrogens with one attached hydrogen (secondary N) is 2. The zero-order chi connectivity index (χ0) is 14.8. The minimum atomic E-state index is -0.550. The van der Waals surface area contributed by atoms with Crippen molar-refractivity contribution in [1.82, 2.24) is 0 Å². The summed E-state index contributed by atoms with van der Waals surface area (Å²) in [6.45, 7) is 0.917. The van der Waals surface area contributed by atoms with Gasteiger partial charge >= 0.3 is 0 Å². The Hall–Kier alpha value is -2.07. The fourth-order valence-corrected chi connectivity index (χ4v) is 2.61. The summed E-state index contributed by atoms with van der Waals surface area (Å²) in [6, 6.07) is 9.81. The van der Waals surface area contributed by atoms with Gasteiger partial charge in [0.15, 0.2) is 0 Å². The first kappa shape index (κ1) is 13.9. The number of fused-ring (bicyclic) bond motifs is 1. The highest BCUT2D eigenvalue weighted by atomic mass is 35.5. The lowest BCUT2D eigenvalue weighted by atomic mass is 9.97. The molecule has 1 amide bonds. The van der Waals surface area contributed by atoms with Gasteiger partial charge < -0.3 is 10.6 Å². The van der Waals surface area contributed by atoms with Crippen LogP contribution in [0.4, 0.5) is 15.8 Å². The Balaban J connectivity index is 1.87. The second kappa shape index (κ2) is 5.74. The Bertz CT molecular complexity index is 703. The molecule has 1 aliphatic heterocycles. The predicted molar refractivity (Wildman–Crippen MR) is 82.6 cm³/mol. The summed E-state index contributed by atoms with van der Waals surface area (Å²) in [5.41, 5.74) is 3.02. The lowest BCUT2D eigenvalue weighted by Gasteiger charge is -2.20. The van der Waals surface area contributed by atoms with Gasteiger partial charge in [-0.1, -0.05) is 17.7 Å². The summed E-state index contributed by atoms with van der Waals surface area (Å²) >= 11 is 5.63. The number of anilines is 2. The van der Waals surface area contributed by atoms with Crippen LogP contribution in [0.2, 0.25) is 5.02 Å². The zero-order valence-corrected chi connectivity index (χ0v) is 12.0. The number of hydrogen-bond donors (Lipinski definition) is 2. The van der Waals surface area contributed by atoms with Gasteiger partial charge in [0.1, 0.15) is 5.82 Å². The van der Waals surface area contributed by atoms with Gasteiger partial charge in [-0.15, -0.1) is 0 Å². The van der Waals surface area contributed by atoms with Crippen molar-refractivity contribution in [3.05, 3.63) is 58.4 Å². The second-order valence-corrected chi connectivity index (χ2v) is 5.35. The van der Waals surface area contributed by atoms with E-state index in [1.807, 2.05) is 12.1 Å². The van der Waals surface area contributed by atoms with Gasteiger partial charge in [0.05, 0.1) is 5.02 Å². The van der Waals surface area contributed by atoms with Crippen LogP contribution in [0.3, 0.4) is 0 Å². The van der Waals surface area contributed by atoms with E-state index in [2.05, 4.69) is 10.6 Å². The fraction of sp³-hybridized carbons (Fsp3) is 0.188. The van der Waals surface area contributed by atoms with Crippen LogP contribution in [0, 0.1) is 5.82 Å². The van der Waals surface area contributed by atoms with Crippen molar-refractivity contribution >= 4 is 28.9 Å². The van der Waals surface area contributed by atoms with Crippen molar-refractivity contribution in [3.63, 3.8) is 0 Å². The molecule has 2 aromatic rings. The summed E-state index contributed by atoms with van der Waals surface area (Å²) in [4.78, 5) is 12.4. The van der Waals surface area contributed by atoms with E-state index in [0.29, 0.717) is 11.3 Å². The first-order valence-electron chi connectivity index (χ1n) is 6.77. The van der Waals surface area contributed by atoms with Crippen LogP contribution < -0.4 is 10.6 Å². The smallest absolute Gasteiger partial charge is 0.256 e. The van der Waals surface area contributed by atoms with Crippen molar-refractivity contribution in [2.75, 3.05) is 17.2 Å². The monoisotopic (exact) mass is 304 g/mol. The summed E-state index contributed by atoms with van der Waals surface area (Å²) in [6.07, 6.45) is 1.85. The molecule has 1 heterocycles. The molecule has 0 unspecified atom stereocenters. The Kier molecular flexibility index (Phi) is 3.80. The van der Waals surface area contributed by atoms with Crippen molar-refractivity contribution in [2.45, 2.75) is 12.8 Å². The molecule has 108 valence electrons. The van der Waals surface area contributed by atoms with Crippen molar-refractivity contribution in [1.29, 1.82) is 0 Å². The molecule has 0 radical (unpaired) electrons. The maximum atomic E-state index is 13.4. The number of hydrogen-bond acceptors (Lipinski definition) is 2. The molecule has 2 N–H and O–H groups in total. The van der Waals surface area contributed by atoms with E-state index >= 15 is 0 Å². The molecule has 0 saturated heterocycles. The summed E-state index contributed by atoms with van der Waals surface area (Å²) in [7, 11) is 0. The summed E-state index contributed by atoms with van der Waals surface area (Å²) in [5.74, 6) is -0.788. The molecular formula is C16H14ClFN2O. The van der Waals surface area contributed by atoms with Gasteiger partial charge in [-0.05, 0) is 48.7 Å². The van der Waals surface area contributed by atoms with Crippen molar-refractivity contribution in [2.24, 2.45) is 0 Å². The van der Waals surface area contributed by atoms with E-state index in [1.54, 1.807) is 12.1 Å². The summed E-state index contributed by atoms with van der Waals surface area (Å²) < 4.78 is 13.4. The third kappa shape index (κ3) is 2.85. The highest BCUT2D eigenvalue weighted by Gasteiger charge is 2.17. The van der Waals surface area contributed by atoms with E-state index < -0.39 is 5.82 Å². The number of amides is 1. The SMILES string of the molecule is O=C(Nc1ccc(Cl)c(F)c1)c1cccc2c1CCCN2. The Labute approximate surface area is 127 Å². The topological polar surface area (TPSA) is 41.1 Å². The first-order valence-corrected chi connectivity index (χ1v) is 7.15. The molecule has 1 aliphatic rings. The number of carbonyl (C=O) groups is 1. The first-order chi connectivity index (χ1) is 10.1. The molecule has 0 spiro atoms. The number of benzene rings is 2. The van der Waals surface area contributed by atoms with E-state index in [4.69, 9.17) is 11.6 Å². The van der Waals surface area contributed by atoms with Gasteiger partial charge in [-0.25, -0.2) is 4.39 Å². The molecule has 2 aromatic carbocycles. The van der Waals surface area contributed by atoms with Crippen LogP contribution in [0.15, 0.2) is 36.4 Å². The normalized spacial score (nSPS) is 13.2. The molecule has 0 fully saturated rings. The third-order valence-corrected chi connectivity index (χ3v) is 3.82. The minimum Gasteiger partial charge on any atom is -0.385 e. The van der Waals surface area contributed by atoms with Crippen LogP contribution in [-0.2, 0) is 6.42 Å². The molecule has 0 atom stereocenters. The maximum Gasteiger partial charge on any atom is 0.256 e. The molecule has 0 saturated carbocycles. The Morgan fingerprint density at radius 3 is 2.95 bits per heavy atom. The van der Waals surface area contributed by atoms with Gasteiger partial charge in [0, 0.05) is 23.5 Å². The van der Waals surface area contributed by atoms with E-state index in [9.17, 15) is 9.18 Å². The van der Waals surface area contributed by atoms with Crippen molar-refractivity contribution in [3.8, 4) is 0 Å². The Morgan fingerprint density at radius 2 is 2.14 bits per heavy atom. The zero-order valence-electron chi connectivity index (χ0n) is 11.2. The highest BCUT2D eigenvalue weighted by molar-refractivity contribution is 6.30. The van der Waals surface area contributed by atoms with Crippen molar-refractivity contribution < 1.29 is 9.18 Å². The van der Waals surface area contributed by atoms with Gasteiger partial charge in [-0.2, -0.15) is 0 Å². The van der Waals surface area contributed by atoms with Crippen LogP contribution in [0.25, 0.3) is 0 Å². The average molecular weight is 305 g/mol. The summed E-state index contributed by atoms with van der Waals surface area (Å²) in [5, 5.41) is 6.03. The second-order valence-electron chi connectivity index (χ2n) is 4.95. The molecule has 0 bridgehead atoms. The number of rotatable bonds is 2. The largest absolute Gasteiger partial charge is 0.385 e. The number of carbonyl (C=O) groups excluding carboxylic acids is 1. The molecule has 3 nitrogen and oxygen atoms in total. The lowest BCUT2D eigenvalue weighted by Crippen LogP contribution is -2.19. The Morgan fingerprint density at radius 1 is 1.29 bits per heavy atom. The molecule has 0 aromatic heterocycles. The fourth-order valence-electron chi connectivity index (χ4n) is 2.50. The van der Waals surface area contributed by atoms with E-state index in [-0.39, 0.29) is 10.9 Å². The van der Waals surface area contributed by atoms with E-state index in [0.717, 1.165) is 30.6 Å². The van der Waals surface area contributed by atoms with Gasteiger partial charge in [0.25, 0.3) is 5.91 Å². The van der Waals surface area contributed by atoms with Gasteiger partial charge in [0.2, 0.25) is 0 Å². The quantitative estimate of drug-likeness (QED) is 0.877. The molecule has 3 rings (SSSR count). The standard InChI is InChI=1S/C16H14ClFN2O/c17-13-7-6-10(9-14(13)18)20-16(21)12-3-1-5-15-11(12)4-2-8-19-15/h1,3,5-7,9,19H,2,4,8H2,(H,20,21). The third-order valence-electron chi connectivity index (χ3n) is 3.52. The van der Waals surface area contributed by atoms with E-state index in [1.165, 1.54) is 12.1 Å². The molecule has 0 aliphatic carbocycles. The van der Waals surface area contributed by atoms with Gasteiger partial charge in [-0.3, -0.25) is 4.79 Å². The maximum absolute atomic E-state index is 13.4. The predicted octanol–water partition coefficient (Wildman–Crippen LogP) is 4.09. The van der Waals surface area contributed by atoms with Crippen LogP contribution in [0.5, 0.6) is 0 Å². The molecular weight excluding hydrogens is 291 g/mol. The van der Waals surface area contributed by atoms with Crippen LogP contribution >= 0.6 is 11.6 Å². The minimum absolute atomic E-state index is 0.0364. The van der Waals surface area contributed by atoms with Crippen LogP contribution in [-0.4, -0.2) is 12.5 Å². The molecule has 21 heavy (non-hydrogen) atoms. The highest BCUT2D eigenvalue weighted by Crippen LogP contribution is 2.26. The number of halogens is 2. The average Bonchev–Trinajstić information content (AvgIpc) is 2.50. The molecule has 5 heteroatoms.